The second-order valence-electron chi connectivity index (χ2n) is 6.65. The van der Waals surface area contributed by atoms with Crippen molar-refractivity contribution in [2.75, 3.05) is 0 Å². The summed E-state index contributed by atoms with van der Waals surface area (Å²) in [6.07, 6.45) is -0.711. The Morgan fingerprint density at radius 1 is 1.28 bits per heavy atom. The molecule has 2 amide bonds. The highest BCUT2D eigenvalue weighted by Crippen LogP contribution is 2.29. The van der Waals surface area contributed by atoms with E-state index in [1.54, 1.807) is 6.92 Å². The van der Waals surface area contributed by atoms with Crippen LogP contribution in [0.1, 0.15) is 54.6 Å². The number of rotatable bonds is 11. The van der Waals surface area contributed by atoms with Crippen molar-refractivity contribution in [3.05, 3.63) is 29.1 Å². The van der Waals surface area contributed by atoms with E-state index in [-0.39, 0.29) is 12.3 Å². The molecule has 2 aromatic heterocycles. The monoisotopic (exact) mass is 427 g/mol. The number of aryl methyl sites for hydroxylation is 1. The number of aromatic nitrogens is 1. The van der Waals surface area contributed by atoms with Gasteiger partial charge in [0.25, 0.3) is 5.89 Å². The van der Waals surface area contributed by atoms with Crippen LogP contribution < -0.4 is 11.1 Å². The first kappa shape index (κ1) is 22.7. The summed E-state index contributed by atoms with van der Waals surface area (Å²) in [7, 11) is 0. The van der Waals surface area contributed by atoms with Crippen LogP contribution in [0.2, 0.25) is 0 Å². The molecular formula is C19H23F2N3O4S. The van der Waals surface area contributed by atoms with Crippen LogP contribution in [0.5, 0.6) is 0 Å². The zero-order valence-electron chi connectivity index (χ0n) is 16.2. The number of nitrogens with two attached hydrogens (primary N) is 1. The number of carbonyl (C=O) groups is 3. The lowest BCUT2D eigenvalue weighted by molar-refractivity contribution is -0.124. The summed E-state index contributed by atoms with van der Waals surface area (Å²) < 4.78 is 32.9. The number of primary amides is 1. The molecule has 0 aliphatic carbocycles. The lowest BCUT2D eigenvalue weighted by Gasteiger charge is -2.17. The van der Waals surface area contributed by atoms with Gasteiger partial charge in [0.05, 0.1) is 17.1 Å². The van der Waals surface area contributed by atoms with Crippen LogP contribution in [0, 0.1) is 6.92 Å². The van der Waals surface area contributed by atoms with E-state index in [0.29, 0.717) is 5.76 Å². The van der Waals surface area contributed by atoms with E-state index in [9.17, 15) is 23.2 Å². The van der Waals surface area contributed by atoms with Crippen molar-refractivity contribution in [3.8, 4) is 10.6 Å². The topological polar surface area (TPSA) is 115 Å². The Morgan fingerprint density at radius 2 is 1.97 bits per heavy atom. The minimum atomic E-state index is -3.19. The van der Waals surface area contributed by atoms with Gasteiger partial charge in [-0.1, -0.05) is 6.92 Å². The second-order valence-corrected chi connectivity index (χ2v) is 7.94. The van der Waals surface area contributed by atoms with Crippen molar-refractivity contribution in [2.45, 2.75) is 57.9 Å². The Bertz CT molecular complexity index is 878. The normalized spacial score (nSPS) is 12.6. The predicted octanol–water partition coefficient (Wildman–Crippen LogP) is 3.47. The van der Waals surface area contributed by atoms with E-state index in [0.717, 1.165) is 9.75 Å². The SMILES string of the molecule is CC[C@H](NC(=O)CCC(F)(F)CCC(N)=O)C(=O)c1ncc(-c2ccc(C)s2)o1. The molecule has 0 radical (unpaired) electrons. The first-order valence-electron chi connectivity index (χ1n) is 9.13. The van der Waals surface area contributed by atoms with Gasteiger partial charge >= 0.3 is 0 Å². The Morgan fingerprint density at radius 3 is 2.55 bits per heavy atom. The molecule has 1 atom stereocenters. The van der Waals surface area contributed by atoms with Gasteiger partial charge in [0.15, 0.2) is 5.76 Å². The van der Waals surface area contributed by atoms with E-state index < -0.39 is 55.2 Å². The number of oxazole rings is 1. The van der Waals surface area contributed by atoms with Crippen LogP contribution in [0.25, 0.3) is 10.6 Å². The number of alkyl halides is 2. The first-order valence-corrected chi connectivity index (χ1v) is 9.95. The predicted molar refractivity (Wildman–Crippen MR) is 104 cm³/mol. The highest BCUT2D eigenvalue weighted by atomic mass is 32.1. The van der Waals surface area contributed by atoms with Crippen LogP contribution in [-0.2, 0) is 9.59 Å². The van der Waals surface area contributed by atoms with Crippen molar-refractivity contribution < 1.29 is 27.6 Å². The zero-order valence-corrected chi connectivity index (χ0v) is 17.0. The highest BCUT2D eigenvalue weighted by Gasteiger charge is 2.31. The summed E-state index contributed by atoms with van der Waals surface area (Å²) in [6, 6.07) is 2.84. The number of halogens is 2. The van der Waals surface area contributed by atoms with Crippen LogP contribution in [-0.4, -0.2) is 34.5 Å². The van der Waals surface area contributed by atoms with Crippen molar-refractivity contribution in [3.63, 3.8) is 0 Å². The van der Waals surface area contributed by atoms with E-state index >= 15 is 0 Å². The maximum absolute atomic E-state index is 13.7. The number of hydrogen-bond donors (Lipinski definition) is 2. The first-order chi connectivity index (χ1) is 13.6. The van der Waals surface area contributed by atoms with E-state index in [2.05, 4.69) is 10.3 Å². The maximum atomic E-state index is 13.7. The average molecular weight is 427 g/mol. The fourth-order valence-electron chi connectivity index (χ4n) is 2.56. The fourth-order valence-corrected chi connectivity index (χ4v) is 3.38. The largest absolute Gasteiger partial charge is 0.433 e. The second kappa shape index (κ2) is 9.73. The van der Waals surface area contributed by atoms with Crippen molar-refractivity contribution in [1.82, 2.24) is 10.3 Å². The van der Waals surface area contributed by atoms with Crippen molar-refractivity contribution >= 4 is 28.9 Å². The third kappa shape index (κ3) is 6.74. The number of Topliss-reactive ketones (excluding diaryl/α,β-unsaturated/α-hetero) is 1. The molecule has 0 unspecified atom stereocenters. The summed E-state index contributed by atoms with van der Waals surface area (Å²) in [5, 5.41) is 2.44. The molecule has 7 nitrogen and oxygen atoms in total. The quantitative estimate of drug-likeness (QED) is 0.533. The number of thiophene rings is 1. The van der Waals surface area contributed by atoms with Gasteiger partial charge in [0.2, 0.25) is 23.5 Å². The summed E-state index contributed by atoms with van der Waals surface area (Å²) in [6.45, 7) is 3.62. The third-order valence-electron chi connectivity index (χ3n) is 4.21. The lowest BCUT2D eigenvalue weighted by Crippen LogP contribution is -2.41. The number of hydrogen-bond acceptors (Lipinski definition) is 6. The Kier molecular flexibility index (Phi) is 7.60. The molecule has 0 bridgehead atoms. The lowest BCUT2D eigenvalue weighted by atomic mass is 10.1. The van der Waals surface area contributed by atoms with Gasteiger partial charge in [-0.2, -0.15) is 0 Å². The molecule has 29 heavy (non-hydrogen) atoms. The highest BCUT2D eigenvalue weighted by molar-refractivity contribution is 7.15. The van der Waals surface area contributed by atoms with Crippen molar-refractivity contribution in [1.29, 1.82) is 0 Å². The number of carbonyl (C=O) groups excluding carboxylic acids is 3. The summed E-state index contributed by atoms with van der Waals surface area (Å²) in [5.74, 6) is -4.93. The minimum absolute atomic E-state index is 0.148. The Balaban J connectivity index is 1.93. The maximum Gasteiger partial charge on any atom is 0.265 e. The molecule has 0 aromatic carbocycles. The minimum Gasteiger partial charge on any atom is -0.433 e. The zero-order chi connectivity index (χ0) is 21.6. The standard InChI is InChI=1S/C19H23F2N3O4S/c1-3-12(24-16(26)7-9-19(20,21)8-6-15(22)25)17(27)18-23-10-13(28-18)14-5-4-11(2)29-14/h4-5,10,12H,3,6-9H2,1-2H3,(H2,22,25)(H,24,26)/t12-/m0/s1. The molecule has 0 saturated heterocycles. The molecule has 2 heterocycles. The number of ketones is 1. The molecule has 158 valence electrons. The molecule has 0 fully saturated rings. The van der Waals surface area contributed by atoms with Gasteiger partial charge in [-0.15, -0.1) is 11.3 Å². The number of amides is 2. The van der Waals surface area contributed by atoms with E-state index in [1.807, 2.05) is 19.1 Å². The Labute approximate surface area is 170 Å². The third-order valence-corrected chi connectivity index (χ3v) is 5.23. The van der Waals surface area contributed by atoms with Crippen LogP contribution in [0.15, 0.2) is 22.7 Å². The van der Waals surface area contributed by atoms with Gasteiger partial charge in [-0.05, 0) is 25.5 Å². The Hall–Kier alpha value is -2.62. The average Bonchev–Trinajstić information content (AvgIpc) is 3.31. The van der Waals surface area contributed by atoms with E-state index in [4.69, 9.17) is 10.2 Å². The van der Waals surface area contributed by atoms with Crippen LogP contribution in [0.3, 0.4) is 0 Å². The van der Waals surface area contributed by atoms with Crippen molar-refractivity contribution in [2.24, 2.45) is 5.73 Å². The summed E-state index contributed by atoms with van der Waals surface area (Å²) in [4.78, 5) is 41.1. The smallest absolute Gasteiger partial charge is 0.265 e. The van der Waals surface area contributed by atoms with Gasteiger partial charge in [0, 0.05) is 30.6 Å². The molecule has 0 aliphatic heterocycles. The summed E-state index contributed by atoms with van der Waals surface area (Å²) in [5.41, 5.74) is 4.86. The molecule has 0 saturated carbocycles. The summed E-state index contributed by atoms with van der Waals surface area (Å²) >= 11 is 1.49. The molecule has 0 aliphatic rings. The molecule has 2 rings (SSSR count). The fraction of sp³-hybridized carbons (Fsp3) is 0.474. The van der Waals surface area contributed by atoms with Gasteiger partial charge < -0.3 is 15.5 Å². The molecule has 3 N–H and O–H groups in total. The molecular weight excluding hydrogens is 404 g/mol. The van der Waals surface area contributed by atoms with Crippen LogP contribution >= 0.6 is 11.3 Å². The van der Waals surface area contributed by atoms with Gasteiger partial charge in [-0.3, -0.25) is 14.4 Å². The van der Waals surface area contributed by atoms with Gasteiger partial charge in [0.1, 0.15) is 0 Å². The number of nitrogens with one attached hydrogen (secondary N) is 1. The van der Waals surface area contributed by atoms with E-state index in [1.165, 1.54) is 17.5 Å². The molecule has 2 aromatic rings. The molecule has 10 heteroatoms. The molecule has 0 spiro atoms. The van der Waals surface area contributed by atoms with Gasteiger partial charge in [-0.25, -0.2) is 13.8 Å². The number of nitrogens with zero attached hydrogens (tertiary/aromatic N) is 1. The van der Waals surface area contributed by atoms with Crippen LogP contribution in [0.4, 0.5) is 8.78 Å².